The molecule has 3 aromatic rings. The van der Waals surface area contributed by atoms with Gasteiger partial charge in [0.25, 0.3) is 0 Å². The zero-order valence-electron chi connectivity index (χ0n) is 12.1. The minimum atomic E-state index is -0.930. The fraction of sp³-hybridized carbons (Fsp3) is 0. The highest BCUT2D eigenvalue weighted by Crippen LogP contribution is 2.18. The lowest BCUT2D eigenvalue weighted by molar-refractivity contribution is 0.0697. The predicted molar refractivity (Wildman–Crippen MR) is 94.1 cm³/mol. The molecule has 23 heavy (non-hydrogen) atoms. The van der Waals surface area contributed by atoms with E-state index in [4.69, 9.17) is 5.11 Å². The van der Waals surface area contributed by atoms with Crippen molar-refractivity contribution in [3.8, 4) is 5.69 Å². The summed E-state index contributed by atoms with van der Waals surface area (Å²) in [5.74, 6) is -0.930. The molecule has 3 rings (SSSR count). The fourth-order valence-corrected chi connectivity index (χ4v) is 2.43. The molecule has 5 heteroatoms. The molecule has 4 nitrogen and oxygen atoms in total. The summed E-state index contributed by atoms with van der Waals surface area (Å²) in [6.45, 7) is 0. The van der Waals surface area contributed by atoms with Crippen LogP contribution in [0.5, 0.6) is 0 Å². The van der Waals surface area contributed by atoms with Gasteiger partial charge in [0.15, 0.2) is 0 Å². The van der Waals surface area contributed by atoms with Crippen LogP contribution in [0, 0.1) is 0 Å². The average molecular weight is 369 g/mol. The van der Waals surface area contributed by atoms with Gasteiger partial charge in [0.1, 0.15) is 0 Å². The summed E-state index contributed by atoms with van der Waals surface area (Å²) in [4.78, 5) is 15.4. The number of benzene rings is 2. The number of aliphatic imine (C=N–C) groups is 1. The van der Waals surface area contributed by atoms with Crippen LogP contribution in [0.2, 0.25) is 0 Å². The Morgan fingerprint density at radius 1 is 1.04 bits per heavy atom. The summed E-state index contributed by atoms with van der Waals surface area (Å²) in [6, 6.07) is 18.3. The molecule has 0 aliphatic heterocycles. The Morgan fingerprint density at radius 2 is 1.74 bits per heavy atom. The van der Waals surface area contributed by atoms with E-state index < -0.39 is 5.97 Å². The summed E-state index contributed by atoms with van der Waals surface area (Å²) < 4.78 is 2.96. The fourth-order valence-electron chi connectivity index (χ4n) is 2.17. The van der Waals surface area contributed by atoms with Gasteiger partial charge in [-0.1, -0.05) is 15.9 Å². The Hall–Kier alpha value is -2.66. The third-order valence-electron chi connectivity index (χ3n) is 3.35. The zero-order valence-corrected chi connectivity index (χ0v) is 13.6. The average Bonchev–Trinajstić information content (AvgIpc) is 3.03. The molecule has 0 atom stereocenters. The van der Waals surface area contributed by atoms with E-state index in [9.17, 15) is 4.79 Å². The molecule has 0 saturated carbocycles. The van der Waals surface area contributed by atoms with Gasteiger partial charge in [-0.25, -0.2) is 4.79 Å². The monoisotopic (exact) mass is 368 g/mol. The molecule has 0 aliphatic rings. The maximum Gasteiger partial charge on any atom is 0.335 e. The number of hydrogen-bond acceptors (Lipinski definition) is 2. The van der Waals surface area contributed by atoms with Gasteiger partial charge < -0.3 is 9.67 Å². The highest BCUT2D eigenvalue weighted by Gasteiger charge is 2.04. The molecule has 0 radical (unpaired) electrons. The van der Waals surface area contributed by atoms with Crippen LogP contribution >= 0.6 is 15.9 Å². The molecule has 1 N–H and O–H groups in total. The van der Waals surface area contributed by atoms with Crippen molar-refractivity contribution >= 4 is 33.8 Å². The third-order valence-corrected chi connectivity index (χ3v) is 3.87. The van der Waals surface area contributed by atoms with Crippen molar-refractivity contribution in [1.82, 2.24) is 4.57 Å². The number of halogens is 1. The Balaban J connectivity index is 1.87. The van der Waals surface area contributed by atoms with Gasteiger partial charge in [0.05, 0.1) is 23.2 Å². The maximum absolute atomic E-state index is 10.9. The highest BCUT2D eigenvalue weighted by atomic mass is 79.9. The summed E-state index contributed by atoms with van der Waals surface area (Å²) >= 11 is 3.40. The number of carboxylic acids is 1. The van der Waals surface area contributed by atoms with Gasteiger partial charge >= 0.3 is 5.97 Å². The van der Waals surface area contributed by atoms with Crippen molar-refractivity contribution < 1.29 is 9.90 Å². The van der Waals surface area contributed by atoms with Gasteiger partial charge in [-0.05, 0) is 60.7 Å². The zero-order chi connectivity index (χ0) is 16.2. The van der Waals surface area contributed by atoms with E-state index in [0.717, 1.165) is 21.5 Å². The molecule has 0 unspecified atom stereocenters. The van der Waals surface area contributed by atoms with E-state index in [1.165, 1.54) is 0 Å². The molecule has 0 amide bonds. The van der Waals surface area contributed by atoms with Crippen molar-refractivity contribution in [1.29, 1.82) is 0 Å². The Kier molecular flexibility index (Phi) is 4.39. The second-order valence-electron chi connectivity index (χ2n) is 4.89. The van der Waals surface area contributed by atoms with Gasteiger partial charge in [-0.15, -0.1) is 0 Å². The first-order chi connectivity index (χ1) is 11.1. The van der Waals surface area contributed by atoms with Crippen molar-refractivity contribution in [3.05, 3.63) is 82.6 Å². The Bertz CT molecular complexity index is 849. The van der Waals surface area contributed by atoms with Crippen LogP contribution < -0.4 is 0 Å². The topological polar surface area (TPSA) is 54.6 Å². The number of carboxylic acid groups (broad SMARTS) is 1. The predicted octanol–water partition coefficient (Wildman–Crippen LogP) is 4.69. The number of nitrogens with zero attached hydrogens (tertiary/aromatic N) is 2. The SMILES string of the molecule is O=C(O)c1ccc(-n2cccc2C=Nc2ccc(Br)cc2)cc1. The second kappa shape index (κ2) is 6.62. The lowest BCUT2D eigenvalue weighted by Gasteiger charge is -2.06. The standard InChI is InChI=1S/C18H13BrN2O2/c19-14-5-7-15(8-6-14)20-12-17-2-1-11-21(17)16-9-3-13(4-10-16)18(22)23/h1-12H,(H,22,23). The molecule has 1 heterocycles. The van der Waals surface area contributed by atoms with Crippen LogP contribution in [0.1, 0.15) is 16.1 Å². The van der Waals surface area contributed by atoms with E-state index in [1.54, 1.807) is 30.5 Å². The molecule has 0 saturated heterocycles. The van der Waals surface area contributed by atoms with Crippen molar-refractivity contribution in [3.63, 3.8) is 0 Å². The molecule has 0 aliphatic carbocycles. The number of aromatic carboxylic acids is 1. The second-order valence-corrected chi connectivity index (χ2v) is 5.81. The normalized spacial score (nSPS) is 11.0. The summed E-state index contributed by atoms with van der Waals surface area (Å²) in [5.41, 5.74) is 2.93. The van der Waals surface area contributed by atoms with E-state index in [0.29, 0.717) is 0 Å². The van der Waals surface area contributed by atoms with Crippen LogP contribution in [-0.4, -0.2) is 21.9 Å². The number of carbonyl (C=O) groups is 1. The number of aromatic nitrogens is 1. The van der Waals surface area contributed by atoms with E-state index in [2.05, 4.69) is 20.9 Å². The summed E-state index contributed by atoms with van der Waals surface area (Å²) in [5, 5.41) is 8.96. The largest absolute Gasteiger partial charge is 0.478 e. The lowest BCUT2D eigenvalue weighted by Crippen LogP contribution is -2.00. The highest BCUT2D eigenvalue weighted by molar-refractivity contribution is 9.10. The minimum absolute atomic E-state index is 0.269. The van der Waals surface area contributed by atoms with E-state index in [-0.39, 0.29) is 5.56 Å². The van der Waals surface area contributed by atoms with Crippen LogP contribution in [0.15, 0.2) is 76.3 Å². The number of rotatable bonds is 4. The van der Waals surface area contributed by atoms with Crippen molar-refractivity contribution in [2.45, 2.75) is 0 Å². The first-order valence-electron chi connectivity index (χ1n) is 6.94. The van der Waals surface area contributed by atoms with Gasteiger partial charge in [0, 0.05) is 16.4 Å². The Labute approximate surface area is 141 Å². The summed E-state index contributed by atoms with van der Waals surface area (Å²) in [7, 11) is 0. The van der Waals surface area contributed by atoms with Gasteiger partial charge in [-0.2, -0.15) is 0 Å². The quantitative estimate of drug-likeness (QED) is 0.679. The smallest absolute Gasteiger partial charge is 0.335 e. The van der Waals surface area contributed by atoms with Crippen LogP contribution in [-0.2, 0) is 0 Å². The van der Waals surface area contributed by atoms with Crippen molar-refractivity contribution in [2.24, 2.45) is 4.99 Å². The minimum Gasteiger partial charge on any atom is -0.478 e. The lowest BCUT2D eigenvalue weighted by atomic mass is 10.2. The molecule has 114 valence electrons. The molecule has 1 aromatic heterocycles. The molecular formula is C18H13BrN2O2. The maximum atomic E-state index is 10.9. The first-order valence-corrected chi connectivity index (χ1v) is 7.73. The molecule has 0 fully saturated rings. The summed E-state index contributed by atoms with van der Waals surface area (Å²) in [6.07, 6.45) is 3.70. The van der Waals surface area contributed by atoms with E-state index >= 15 is 0 Å². The van der Waals surface area contributed by atoms with Crippen LogP contribution in [0.25, 0.3) is 5.69 Å². The molecular weight excluding hydrogens is 356 g/mol. The Morgan fingerprint density at radius 3 is 2.39 bits per heavy atom. The first kappa shape index (κ1) is 15.2. The van der Waals surface area contributed by atoms with Gasteiger partial charge in [0.2, 0.25) is 0 Å². The van der Waals surface area contributed by atoms with Gasteiger partial charge in [-0.3, -0.25) is 4.99 Å². The number of hydrogen-bond donors (Lipinski definition) is 1. The van der Waals surface area contributed by atoms with Crippen LogP contribution in [0.3, 0.4) is 0 Å². The third kappa shape index (κ3) is 3.57. The molecule has 2 aromatic carbocycles. The molecule has 0 bridgehead atoms. The molecule has 0 spiro atoms. The van der Waals surface area contributed by atoms with Crippen molar-refractivity contribution in [2.75, 3.05) is 0 Å². The van der Waals surface area contributed by atoms with E-state index in [1.807, 2.05) is 47.2 Å². The van der Waals surface area contributed by atoms with Crippen LogP contribution in [0.4, 0.5) is 5.69 Å².